The Bertz CT molecular complexity index is 815. The van der Waals surface area contributed by atoms with Gasteiger partial charge in [0.2, 0.25) is 5.91 Å². The number of fused-ring (bicyclic) bond motifs is 3. The van der Waals surface area contributed by atoms with E-state index in [-0.39, 0.29) is 17.7 Å². The van der Waals surface area contributed by atoms with Crippen LogP contribution >= 0.6 is 11.3 Å². The van der Waals surface area contributed by atoms with Crippen LogP contribution in [0, 0.1) is 29.6 Å². The lowest BCUT2D eigenvalue weighted by molar-refractivity contribution is -0.153. The number of carboxylic acids is 1. The topological polar surface area (TPSA) is 95.5 Å². The van der Waals surface area contributed by atoms with Crippen LogP contribution in [0.3, 0.4) is 0 Å². The van der Waals surface area contributed by atoms with E-state index in [1.165, 1.54) is 4.88 Å². The second-order valence-corrected chi connectivity index (χ2v) is 8.99. The van der Waals surface area contributed by atoms with Crippen molar-refractivity contribution in [3.63, 3.8) is 0 Å². The highest BCUT2D eigenvalue weighted by Crippen LogP contribution is 2.45. The Morgan fingerprint density at radius 1 is 1.07 bits per heavy atom. The van der Waals surface area contributed by atoms with Crippen LogP contribution in [-0.4, -0.2) is 22.9 Å². The average Bonchev–Trinajstić information content (AvgIpc) is 3.08. The minimum atomic E-state index is -0.943. The van der Waals surface area contributed by atoms with Gasteiger partial charge in [-0.3, -0.25) is 25.2 Å². The van der Waals surface area contributed by atoms with Gasteiger partial charge in [0, 0.05) is 10.3 Å². The molecule has 144 valence electrons. The molecule has 0 aliphatic heterocycles. The maximum absolute atomic E-state index is 12.7. The minimum absolute atomic E-state index is 0.0802. The van der Waals surface area contributed by atoms with Crippen molar-refractivity contribution < 1.29 is 19.5 Å². The summed E-state index contributed by atoms with van der Waals surface area (Å²) in [5, 5.41) is 11.4. The average molecular weight is 388 g/mol. The van der Waals surface area contributed by atoms with Gasteiger partial charge < -0.3 is 5.11 Å². The fourth-order valence-corrected chi connectivity index (χ4v) is 6.07. The first-order valence-corrected chi connectivity index (χ1v) is 10.4. The van der Waals surface area contributed by atoms with Crippen LogP contribution in [0.1, 0.15) is 47.0 Å². The van der Waals surface area contributed by atoms with Crippen molar-refractivity contribution >= 4 is 29.1 Å². The molecule has 0 spiro atoms. The van der Waals surface area contributed by atoms with E-state index in [9.17, 15) is 19.5 Å². The van der Waals surface area contributed by atoms with E-state index in [0.717, 1.165) is 37.7 Å². The molecule has 1 aromatic heterocycles. The van der Waals surface area contributed by atoms with Crippen LogP contribution in [-0.2, 0) is 22.4 Å². The monoisotopic (exact) mass is 388 g/mol. The highest BCUT2D eigenvalue weighted by atomic mass is 32.1. The Morgan fingerprint density at radius 2 is 1.78 bits per heavy atom. The number of hydrogen-bond donors (Lipinski definition) is 3. The van der Waals surface area contributed by atoms with Crippen LogP contribution < -0.4 is 10.9 Å². The van der Waals surface area contributed by atoms with Gasteiger partial charge in [-0.15, -0.1) is 11.3 Å². The smallest absolute Gasteiger partial charge is 0.307 e. The first kappa shape index (κ1) is 18.2. The van der Waals surface area contributed by atoms with Crippen LogP contribution in [0.5, 0.6) is 0 Å². The molecule has 1 saturated carbocycles. The van der Waals surface area contributed by atoms with Crippen LogP contribution in [0.2, 0.25) is 0 Å². The van der Waals surface area contributed by atoms with Gasteiger partial charge in [0.15, 0.2) is 0 Å². The summed E-state index contributed by atoms with van der Waals surface area (Å²) in [6.45, 7) is 2.22. The third kappa shape index (κ3) is 3.29. The Hall–Kier alpha value is -2.15. The Labute approximate surface area is 162 Å². The van der Waals surface area contributed by atoms with Crippen molar-refractivity contribution in [3.8, 4) is 0 Å². The minimum Gasteiger partial charge on any atom is -0.481 e. The fourth-order valence-electron chi connectivity index (χ4n) is 4.83. The number of allylic oxidation sites excluding steroid dienone is 2. The maximum Gasteiger partial charge on any atom is 0.307 e. The van der Waals surface area contributed by atoms with Gasteiger partial charge in [-0.1, -0.05) is 19.1 Å². The van der Waals surface area contributed by atoms with Crippen LogP contribution in [0.25, 0.3) is 0 Å². The fraction of sp³-hybridized carbons (Fsp3) is 0.550. The molecule has 1 fully saturated rings. The molecule has 1 aromatic rings. The number of aliphatic carboxylic acids is 1. The number of amides is 2. The number of carboxylic acid groups (broad SMARTS) is 1. The predicted octanol–water partition coefficient (Wildman–Crippen LogP) is 2.55. The predicted molar refractivity (Wildman–Crippen MR) is 101 cm³/mol. The molecule has 3 N–H and O–H groups in total. The SMILES string of the molecule is C[C@@H]1CCc2c(C(=O)NNC(=O)[C@@H]3[C@@H](C(=O)O)[C@H]4C=C[C@H]3CC4)csc2C1. The summed E-state index contributed by atoms with van der Waals surface area (Å²) in [5.74, 6) is -2.58. The molecule has 4 aliphatic carbocycles. The molecule has 1 heterocycles. The molecule has 7 heteroatoms. The molecule has 0 aromatic carbocycles. The van der Waals surface area contributed by atoms with Gasteiger partial charge in [0.1, 0.15) is 0 Å². The molecular formula is C20H24N2O4S. The maximum atomic E-state index is 12.7. The van der Waals surface area contributed by atoms with E-state index in [2.05, 4.69) is 17.8 Å². The molecule has 4 aliphatic rings. The lowest BCUT2D eigenvalue weighted by Gasteiger charge is -2.41. The zero-order valence-corrected chi connectivity index (χ0v) is 16.1. The van der Waals surface area contributed by atoms with Crippen molar-refractivity contribution in [2.24, 2.45) is 29.6 Å². The molecule has 5 rings (SSSR count). The number of rotatable bonds is 3. The van der Waals surface area contributed by atoms with Gasteiger partial charge in [-0.05, 0) is 55.4 Å². The van der Waals surface area contributed by atoms with Crippen LogP contribution in [0.4, 0.5) is 0 Å². The Morgan fingerprint density at radius 3 is 2.44 bits per heavy atom. The van der Waals surface area contributed by atoms with E-state index in [1.54, 1.807) is 11.3 Å². The zero-order chi connectivity index (χ0) is 19.1. The van der Waals surface area contributed by atoms with Crippen molar-refractivity contribution in [1.29, 1.82) is 0 Å². The number of carbonyl (C=O) groups is 3. The molecule has 0 unspecified atom stereocenters. The number of thiophene rings is 1. The second-order valence-electron chi connectivity index (χ2n) is 8.02. The summed E-state index contributed by atoms with van der Waals surface area (Å²) < 4.78 is 0. The second kappa shape index (κ2) is 7.11. The van der Waals surface area contributed by atoms with E-state index < -0.39 is 23.7 Å². The van der Waals surface area contributed by atoms with E-state index in [4.69, 9.17) is 0 Å². The molecule has 2 bridgehead atoms. The summed E-state index contributed by atoms with van der Waals surface area (Å²) in [4.78, 5) is 38.2. The molecule has 0 saturated heterocycles. The molecule has 2 amide bonds. The Balaban J connectivity index is 1.43. The van der Waals surface area contributed by atoms with Gasteiger partial charge in [0.25, 0.3) is 5.91 Å². The van der Waals surface area contributed by atoms with E-state index in [1.807, 2.05) is 17.5 Å². The summed E-state index contributed by atoms with van der Waals surface area (Å²) in [6, 6.07) is 0. The molecule has 6 nitrogen and oxygen atoms in total. The van der Waals surface area contributed by atoms with Crippen molar-refractivity contribution in [1.82, 2.24) is 10.9 Å². The number of hydrazine groups is 1. The number of nitrogens with one attached hydrogen (secondary N) is 2. The molecule has 27 heavy (non-hydrogen) atoms. The highest BCUT2D eigenvalue weighted by molar-refractivity contribution is 7.10. The summed E-state index contributed by atoms with van der Waals surface area (Å²) in [5.41, 5.74) is 6.73. The summed E-state index contributed by atoms with van der Waals surface area (Å²) in [7, 11) is 0. The third-order valence-electron chi connectivity index (χ3n) is 6.28. The Kier molecular flexibility index (Phi) is 4.80. The van der Waals surface area contributed by atoms with Gasteiger partial charge in [0.05, 0.1) is 17.4 Å². The lowest BCUT2D eigenvalue weighted by atomic mass is 9.62. The van der Waals surface area contributed by atoms with E-state index >= 15 is 0 Å². The van der Waals surface area contributed by atoms with Gasteiger partial charge in [-0.25, -0.2) is 0 Å². The largest absolute Gasteiger partial charge is 0.481 e. The standard InChI is InChI=1S/C20H24N2O4S/c1-10-2-7-13-14(9-27-15(13)8-10)18(23)21-22-19(24)16-11-3-5-12(6-4-11)17(16)20(25)26/h3,5,9-12,16-17H,2,4,6-8H2,1H3,(H,21,23)(H,22,24)(H,25,26)/t10-,11+,12+,16+,17+/m1/s1. The highest BCUT2D eigenvalue weighted by Gasteiger charge is 2.48. The van der Waals surface area contributed by atoms with E-state index in [0.29, 0.717) is 11.5 Å². The number of hydrogen-bond acceptors (Lipinski definition) is 4. The molecule has 5 atom stereocenters. The normalized spacial score (nSPS) is 31.2. The summed E-state index contributed by atoms with van der Waals surface area (Å²) in [6.07, 6.45) is 8.44. The number of carbonyl (C=O) groups excluding carboxylic acids is 2. The first-order valence-electron chi connectivity index (χ1n) is 9.56. The van der Waals surface area contributed by atoms with Gasteiger partial charge >= 0.3 is 5.97 Å². The zero-order valence-electron chi connectivity index (χ0n) is 15.2. The summed E-state index contributed by atoms with van der Waals surface area (Å²) >= 11 is 1.60. The quantitative estimate of drug-likeness (QED) is 0.548. The van der Waals surface area contributed by atoms with Gasteiger partial charge in [-0.2, -0.15) is 0 Å². The lowest BCUT2D eigenvalue weighted by Crippen LogP contribution is -2.53. The third-order valence-corrected chi connectivity index (χ3v) is 7.33. The first-order chi connectivity index (χ1) is 13.0. The van der Waals surface area contributed by atoms with Crippen molar-refractivity contribution in [2.45, 2.75) is 39.0 Å². The van der Waals surface area contributed by atoms with Crippen molar-refractivity contribution in [3.05, 3.63) is 33.5 Å². The van der Waals surface area contributed by atoms with Crippen molar-refractivity contribution in [2.75, 3.05) is 0 Å². The van der Waals surface area contributed by atoms with Crippen LogP contribution in [0.15, 0.2) is 17.5 Å². The molecule has 0 radical (unpaired) electrons. The molecular weight excluding hydrogens is 364 g/mol.